The minimum absolute atomic E-state index is 0.0955. The number of piperidine rings is 1. The van der Waals surface area contributed by atoms with E-state index in [1.165, 1.54) is 9.58 Å². The first-order valence-electron chi connectivity index (χ1n) is 11.4. The molecule has 1 atom stereocenters. The Labute approximate surface area is 204 Å². The van der Waals surface area contributed by atoms with E-state index in [4.69, 9.17) is 4.42 Å². The third-order valence-electron chi connectivity index (χ3n) is 6.38. The minimum atomic E-state index is -0.724. The minimum Gasteiger partial charge on any atom is -0.454 e. The molecule has 2 aromatic heterocycles. The van der Waals surface area contributed by atoms with Gasteiger partial charge in [0.1, 0.15) is 23.9 Å². The van der Waals surface area contributed by atoms with E-state index in [0.29, 0.717) is 28.3 Å². The van der Waals surface area contributed by atoms with E-state index >= 15 is 0 Å². The predicted molar refractivity (Wildman–Crippen MR) is 126 cm³/mol. The summed E-state index contributed by atoms with van der Waals surface area (Å²) in [6, 6.07) is 13.8. The molecule has 180 valence electrons. The number of hydrogen-bond acceptors (Lipinski definition) is 7. The van der Waals surface area contributed by atoms with Crippen LogP contribution in [0.5, 0.6) is 0 Å². The zero-order chi connectivity index (χ0) is 24.8. The second-order valence-corrected chi connectivity index (χ2v) is 8.73. The Bertz CT molecular complexity index is 1520. The number of nitrogens with zero attached hydrogens (tertiary/aromatic N) is 4. The first-order chi connectivity index (χ1) is 17.5. The molecule has 0 spiro atoms. The molecule has 2 N–H and O–H groups in total. The normalized spacial score (nSPS) is 17.4. The SMILES string of the molecule is O=C1CCC(N2Cc3c(NC(=O)Cn4cc(-c5cc6ccccc6o5)nn4)cccc3C2=O)C(=O)N1. The number of anilines is 1. The predicted octanol–water partition coefficient (Wildman–Crippen LogP) is 2.09. The Balaban J connectivity index is 1.16. The summed E-state index contributed by atoms with van der Waals surface area (Å²) in [6.07, 6.45) is 2.07. The van der Waals surface area contributed by atoms with Crippen molar-refractivity contribution in [1.29, 1.82) is 0 Å². The van der Waals surface area contributed by atoms with E-state index in [2.05, 4.69) is 20.9 Å². The van der Waals surface area contributed by atoms with Crippen molar-refractivity contribution in [2.45, 2.75) is 32.0 Å². The molecule has 36 heavy (non-hydrogen) atoms. The maximum Gasteiger partial charge on any atom is 0.255 e. The first-order valence-corrected chi connectivity index (χ1v) is 11.4. The highest BCUT2D eigenvalue weighted by molar-refractivity contribution is 6.06. The molecule has 6 rings (SSSR count). The number of imide groups is 1. The molecule has 2 aromatic carbocycles. The molecule has 4 amide bonds. The van der Waals surface area contributed by atoms with Gasteiger partial charge in [0.2, 0.25) is 17.7 Å². The number of fused-ring (bicyclic) bond motifs is 2. The second kappa shape index (κ2) is 8.45. The largest absolute Gasteiger partial charge is 0.454 e. The molecule has 11 nitrogen and oxygen atoms in total. The standard InChI is InChI=1S/C25H20N6O5/c32-22-9-8-19(24(34)27-22)31-11-16-15(25(31)35)5-3-6-17(16)26-23(33)13-30-12-18(28-29-30)21-10-14-4-1-2-7-20(14)36-21/h1-7,10,12,19H,8-9,11,13H2,(H,26,33)(H,27,32,34). The monoisotopic (exact) mass is 484 g/mol. The summed E-state index contributed by atoms with van der Waals surface area (Å²) in [7, 11) is 0. The van der Waals surface area contributed by atoms with Crippen LogP contribution >= 0.6 is 0 Å². The first kappa shape index (κ1) is 21.7. The molecule has 2 aliphatic rings. The van der Waals surface area contributed by atoms with Crippen molar-refractivity contribution < 1.29 is 23.6 Å². The molecule has 2 aliphatic heterocycles. The van der Waals surface area contributed by atoms with Crippen molar-refractivity contribution in [3.63, 3.8) is 0 Å². The lowest BCUT2D eigenvalue weighted by Crippen LogP contribution is -2.52. The summed E-state index contributed by atoms with van der Waals surface area (Å²) in [4.78, 5) is 51.0. The average molecular weight is 484 g/mol. The van der Waals surface area contributed by atoms with Crippen LogP contribution in [0.1, 0.15) is 28.8 Å². The van der Waals surface area contributed by atoms with Gasteiger partial charge in [-0.1, -0.05) is 29.5 Å². The fourth-order valence-corrected chi connectivity index (χ4v) is 4.64. The van der Waals surface area contributed by atoms with Crippen LogP contribution in [0.25, 0.3) is 22.4 Å². The molecule has 0 bridgehead atoms. The lowest BCUT2D eigenvalue weighted by Gasteiger charge is -2.29. The van der Waals surface area contributed by atoms with Crippen molar-refractivity contribution in [3.8, 4) is 11.5 Å². The highest BCUT2D eigenvalue weighted by atomic mass is 16.3. The number of nitrogens with one attached hydrogen (secondary N) is 2. The number of amides is 4. The van der Waals surface area contributed by atoms with Gasteiger partial charge in [-0.25, -0.2) is 4.68 Å². The van der Waals surface area contributed by atoms with Gasteiger partial charge < -0.3 is 14.6 Å². The Morgan fingerprint density at radius 1 is 1.14 bits per heavy atom. The summed E-state index contributed by atoms with van der Waals surface area (Å²) in [6.45, 7) is 0.0676. The Kier molecular flexibility index (Phi) is 5.10. The summed E-state index contributed by atoms with van der Waals surface area (Å²) in [5.41, 5.74) is 2.77. The van der Waals surface area contributed by atoms with Crippen LogP contribution in [0.3, 0.4) is 0 Å². The number of carbonyl (C=O) groups is 4. The Morgan fingerprint density at radius 3 is 2.83 bits per heavy atom. The topological polar surface area (TPSA) is 139 Å². The number of hydrogen-bond donors (Lipinski definition) is 2. The van der Waals surface area contributed by atoms with Gasteiger partial charge in [-0.2, -0.15) is 0 Å². The van der Waals surface area contributed by atoms with Gasteiger partial charge in [-0.3, -0.25) is 24.5 Å². The zero-order valence-electron chi connectivity index (χ0n) is 18.9. The van der Waals surface area contributed by atoms with E-state index in [9.17, 15) is 19.2 Å². The van der Waals surface area contributed by atoms with E-state index < -0.39 is 11.9 Å². The van der Waals surface area contributed by atoms with Crippen molar-refractivity contribution in [2.24, 2.45) is 0 Å². The highest BCUT2D eigenvalue weighted by Crippen LogP contribution is 2.32. The number of para-hydroxylation sites is 1. The molecular formula is C25H20N6O5. The van der Waals surface area contributed by atoms with E-state index in [0.717, 1.165) is 11.0 Å². The molecule has 0 radical (unpaired) electrons. The zero-order valence-corrected chi connectivity index (χ0v) is 18.9. The lowest BCUT2D eigenvalue weighted by atomic mass is 10.0. The molecule has 1 saturated heterocycles. The van der Waals surface area contributed by atoms with Crippen LogP contribution < -0.4 is 10.6 Å². The smallest absolute Gasteiger partial charge is 0.255 e. The van der Waals surface area contributed by atoms with Crippen LogP contribution in [0.2, 0.25) is 0 Å². The lowest BCUT2D eigenvalue weighted by molar-refractivity contribution is -0.137. The maximum absolute atomic E-state index is 13.0. The third-order valence-corrected chi connectivity index (χ3v) is 6.38. The third kappa shape index (κ3) is 3.80. The Morgan fingerprint density at radius 2 is 2.00 bits per heavy atom. The van der Waals surface area contributed by atoms with Crippen LogP contribution in [-0.4, -0.2) is 49.6 Å². The van der Waals surface area contributed by atoms with Crippen LogP contribution in [-0.2, 0) is 27.5 Å². The molecular weight excluding hydrogens is 464 g/mol. The van der Waals surface area contributed by atoms with Crippen molar-refractivity contribution in [1.82, 2.24) is 25.2 Å². The summed E-state index contributed by atoms with van der Waals surface area (Å²) in [5, 5.41) is 14.2. The molecule has 0 aliphatic carbocycles. The second-order valence-electron chi connectivity index (χ2n) is 8.73. The number of rotatable bonds is 5. The van der Waals surface area contributed by atoms with Gasteiger partial charge in [0, 0.05) is 35.2 Å². The highest BCUT2D eigenvalue weighted by Gasteiger charge is 2.39. The van der Waals surface area contributed by atoms with Crippen molar-refractivity contribution in [3.05, 3.63) is 65.9 Å². The van der Waals surface area contributed by atoms with Gasteiger partial charge in [-0.15, -0.1) is 5.10 Å². The van der Waals surface area contributed by atoms with E-state index in [-0.39, 0.29) is 43.7 Å². The summed E-state index contributed by atoms with van der Waals surface area (Å²) in [5.74, 6) is -0.927. The molecule has 11 heteroatoms. The fraction of sp³-hybridized carbons (Fsp3) is 0.200. The van der Waals surface area contributed by atoms with Gasteiger partial charge >= 0.3 is 0 Å². The van der Waals surface area contributed by atoms with Crippen LogP contribution in [0.15, 0.2) is 59.1 Å². The quantitative estimate of drug-likeness (QED) is 0.414. The number of aromatic nitrogens is 3. The van der Waals surface area contributed by atoms with Gasteiger partial charge in [0.15, 0.2) is 5.76 Å². The number of carbonyl (C=O) groups excluding carboxylic acids is 4. The van der Waals surface area contributed by atoms with Crippen LogP contribution in [0.4, 0.5) is 5.69 Å². The molecule has 4 aromatic rings. The fourth-order valence-electron chi connectivity index (χ4n) is 4.64. The van der Waals surface area contributed by atoms with Gasteiger partial charge in [-0.05, 0) is 30.7 Å². The molecule has 4 heterocycles. The van der Waals surface area contributed by atoms with Crippen molar-refractivity contribution >= 4 is 40.3 Å². The van der Waals surface area contributed by atoms with Gasteiger partial charge in [0.05, 0.1) is 6.20 Å². The molecule has 1 fully saturated rings. The van der Waals surface area contributed by atoms with Crippen molar-refractivity contribution in [2.75, 3.05) is 5.32 Å². The maximum atomic E-state index is 13.0. The van der Waals surface area contributed by atoms with Crippen LogP contribution in [0, 0.1) is 0 Å². The van der Waals surface area contributed by atoms with Gasteiger partial charge in [0.25, 0.3) is 5.91 Å². The average Bonchev–Trinajstić information content (AvgIpc) is 3.57. The van der Waals surface area contributed by atoms with E-state index in [1.54, 1.807) is 24.4 Å². The number of benzene rings is 2. The molecule has 1 unspecified atom stereocenters. The number of furan rings is 1. The molecule has 0 saturated carbocycles. The van der Waals surface area contributed by atoms with E-state index in [1.807, 2.05) is 30.3 Å². The summed E-state index contributed by atoms with van der Waals surface area (Å²) < 4.78 is 7.21. The Hall–Kier alpha value is -4.80. The summed E-state index contributed by atoms with van der Waals surface area (Å²) >= 11 is 0.